The second kappa shape index (κ2) is 4.72. The number of fused-ring (bicyclic) bond motifs is 1. The molecule has 20 heavy (non-hydrogen) atoms. The van der Waals surface area contributed by atoms with Gasteiger partial charge in [-0.1, -0.05) is 47.6 Å². The van der Waals surface area contributed by atoms with Gasteiger partial charge in [0.25, 0.3) is 0 Å². The van der Waals surface area contributed by atoms with Crippen LogP contribution in [0.4, 0.5) is 0 Å². The van der Waals surface area contributed by atoms with E-state index in [0.717, 1.165) is 10.9 Å². The minimum atomic E-state index is -0.337. The van der Waals surface area contributed by atoms with Crippen LogP contribution in [0.3, 0.4) is 0 Å². The topological polar surface area (TPSA) is 51.0 Å². The van der Waals surface area contributed by atoms with E-state index in [1.54, 1.807) is 0 Å². The molecule has 3 aromatic rings. The van der Waals surface area contributed by atoms with E-state index < -0.39 is 0 Å². The number of hydrogen-bond donors (Lipinski definition) is 1. The smallest absolute Gasteiger partial charge is 0.246 e. The van der Waals surface area contributed by atoms with Crippen molar-refractivity contribution in [3.05, 3.63) is 48.4 Å². The molecule has 4 heteroatoms. The van der Waals surface area contributed by atoms with Crippen molar-refractivity contribution in [2.24, 2.45) is 0 Å². The van der Waals surface area contributed by atoms with Gasteiger partial charge in [-0.15, -0.1) is 0 Å². The van der Waals surface area contributed by atoms with Crippen molar-refractivity contribution in [2.45, 2.75) is 19.4 Å². The van der Waals surface area contributed by atoms with Crippen LogP contribution in [0.2, 0.25) is 0 Å². The summed E-state index contributed by atoms with van der Waals surface area (Å²) in [6, 6.07) is 14.3. The lowest BCUT2D eigenvalue weighted by Gasteiger charge is -2.17. The fourth-order valence-corrected chi connectivity index (χ4v) is 2.11. The summed E-state index contributed by atoms with van der Waals surface area (Å²) < 4.78 is 5.40. The number of hydrogen-bond acceptors (Lipinski definition) is 4. The van der Waals surface area contributed by atoms with Crippen LogP contribution >= 0.6 is 0 Å². The molecule has 2 aromatic carbocycles. The molecule has 0 aliphatic carbocycles. The molecule has 0 unspecified atom stereocenters. The molecule has 0 atom stereocenters. The Balaban J connectivity index is 2.13. The Morgan fingerprint density at radius 1 is 1.05 bits per heavy atom. The second-order valence-corrected chi connectivity index (χ2v) is 5.32. The van der Waals surface area contributed by atoms with E-state index in [2.05, 4.69) is 33.7 Å². The van der Waals surface area contributed by atoms with Crippen molar-refractivity contribution in [1.82, 2.24) is 15.5 Å². The van der Waals surface area contributed by atoms with E-state index in [-0.39, 0.29) is 5.54 Å². The predicted octanol–water partition coefficient (Wildman–Crippen LogP) is 3.34. The van der Waals surface area contributed by atoms with Crippen LogP contribution in [0, 0.1) is 0 Å². The second-order valence-electron chi connectivity index (χ2n) is 5.32. The van der Waals surface area contributed by atoms with E-state index in [4.69, 9.17) is 4.52 Å². The third kappa shape index (κ3) is 2.08. The summed E-state index contributed by atoms with van der Waals surface area (Å²) in [7, 11) is 1.88. The summed E-state index contributed by atoms with van der Waals surface area (Å²) in [6.45, 7) is 4.01. The maximum atomic E-state index is 5.40. The van der Waals surface area contributed by atoms with Crippen LogP contribution in [0.25, 0.3) is 22.2 Å². The first-order chi connectivity index (χ1) is 9.62. The lowest BCUT2D eigenvalue weighted by atomic mass is 10.0. The molecule has 4 nitrogen and oxygen atoms in total. The Bertz CT molecular complexity index is 741. The molecule has 1 heterocycles. The van der Waals surface area contributed by atoms with Gasteiger partial charge in [0.1, 0.15) is 0 Å². The lowest BCUT2D eigenvalue weighted by molar-refractivity contribution is 0.281. The summed E-state index contributed by atoms with van der Waals surface area (Å²) in [4.78, 5) is 4.53. The Morgan fingerprint density at radius 2 is 1.80 bits per heavy atom. The van der Waals surface area contributed by atoms with Crippen molar-refractivity contribution in [1.29, 1.82) is 0 Å². The van der Waals surface area contributed by atoms with Crippen LogP contribution in [0.15, 0.2) is 47.0 Å². The molecule has 0 bridgehead atoms. The molecule has 1 aromatic heterocycles. The average Bonchev–Trinajstić information content (AvgIpc) is 2.97. The van der Waals surface area contributed by atoms with E-state index in [1.165, 1.54) is 5.39 Å². The van der Waals surface area contributed by atoms with Crippen molar-refractivity contribution >= 4 is 10.8 Å². The maximum Gasteiger partial charge on any atom is 0.246 e. The largest absolute Gasteiger partial charge is 0.337 e. The zero-order valence-electron chi connectivity index (χ0n) is 11.8. The summed E-state index contributed by atoms with van der Waals surface area (Å²) in [5, 5.41) is 9.59. The number of rotatable bonds is 3. The van der Waals surface area contributed by atoms with Gasteiger partial charge in [-0.05, 0) is 31.7 Å². The first-order valence-corrected chi connectivity index (χ1v) is 6.63. The molecule has 0 amide bonds. The van der Waals surface area contributed by atoms with Crippen LogP contribution in [-0.4, -0.2) is 17.2 Å². The zero-order chi connectivity index (χ0) is 14.2. The highest BCUT2D eigenvalue weighted by atomic mass is 16.5. The zero-order valence-corrected chi connectivity index (χ0v) is 11.8. The van der Waals surface area contributed by atoms with Crippen molar-refractivity contribution in [3.8, 4) is 11.4 Å². The van der Waals surface area contributed by atoms with Gasteiger partial charge in [0.05, 0.1) is 5.54 Å². The Labute approximate surface area is 117 Å². The summed E-state index contributed by atoms with van der Waals surface area (Å²) in [5.74, 6) is 1.21. The SMILES string of the molecule is CNC(C)(C)c1nc(-c2cccc3ccccc23)no1. The van der Waals surface area contributed by atoms with Gasteiger partial charge in [0, 0.05) is 5.56 Å². The van der Waals surface area contributed by atoms with Gasteiger partial charge in [-0.3, -0.25) is 0 Å². The number of benzene rings is 2. The third-order valence-corrected chi connectivity index (χ3v) is 3.62. The standard InChI is InChI=1S/C16H17N3O/c1-16(2,17-3)15-18-14(19-20-15)13-10-6-8-11-7-4-5-9-12(11)13/h4-10,17H,1-3H3. The van der Waals surface area contributed by atoms with Gasteiger partial charge in [-0.25, -0.2) is 0 Å². The first-order valence-electron chi connectivity index (χ1n) is 6.63. The fourth-order valence-electron chi connectivity index (χ4n) is 2.11. The predicted molar refractivity (Wildman–Crippen MR) is 79.3 cm³/mol. The van der Waals surface area contributed by atoms with E-state index in [0.29, 0.717) is 11.7 Å². The fraction of sp³-hybridized carbons (Fsp3) is 0.250. The van der Waals surface area contributed by atoms with Crippen molar-refractivity contribution in [2.75, 3.05) is 7.05 Å². The highest BCUT2D eigenvalue weighted by Crippen LogP contribution is 2.28. The van der Waals surface area contributed by atoms with Crippen molar-refractivity contribution < 1.29 is 4.52 Å². The van der Waals surface area contributed by atoms with Crippen LogP contribution in [0.1, 0.15) is 19.7 Å². The highest BCUT2D eigenvalue weighted by Gasteiger charge is 2.25. The molecule has 0 radical (unpaired) electrons. The Morgan fingerprint density at radius 3 is 2.60 bits per heavy atom. The van der Waals surface area contributed by atoms with Crippen molar-refractivity contribution in [3.63, 3.8) is 0 Å². The van der Waals surface area contributed by atoms with E-state index >= 15 is 0 Å². The Kier molecular flexibility index (Phi) is 3.03. The molecule has 102 valence electrons. The molecule has 1 N–H and O–H groups in total. The molecular weight excluding hydrogens is 250 g/mol. The molecule has 0 saturated heterocycles. The number of aromatic nitrogens is 2. The third-order valence-electron chi connectivity index (χ3n) is 3.62. The van der Waals surface area contributed by atoms with E-state index in [9.17, 15) is 0 Å². The minimum Gasteiger partial charge on any atom is -0.337 e. The van der Waals surface area contributed by atoms with Gasteiger partial charge in [-0.2, -0.15) is 4.98 Å². The molecule has 3 rings (SSSR count). The van der Waals surface area contributed by atoms with Gasteiger partial charge >= 0.3 is 0 Å². The monoisotopic (exact) mass is 267 g/mol. The normalized spacial score (nSPS) is 11.9. The van der Waals surface area contributed by atoms with Gasteiger partial charge < -0.3 is 9.84 Å². The van der Waals surface area contributed by atoms with Gasteiger partial charge in [0.2, 0.25) is 11.7 Å². The Hall–Kier alpha value is -2.20. The van der Waals surface area contributed by atoms with Crippen LogP contribution in [-0.2, 0) is 5.54 Å². The number of nitrogens with one attached hydrogen (secondary N) is 1. The van der Waals surface area contributed by atoms with Gasteiger partial charge in [0.15, 0.2) is 0 Å². The average molecular weight is 267 g/mol. The summed E-state index contributed by atoms with van der Waals surface area (Å²) >= 11 is 0. The molecule has 0 saturated carbocycles. The minimum absolute atomic E-state index is 0.337. The first kappa shape index (κ1) is 12.8. The quantitative estimate of drug-likeness (QED) is 0.790. The molecule has 0 aliphatic heterocycles. The van der Waals surface area contributed by atoms with Crippen LogP contribution in [0.5, 0.6) is 0 Å². The summed E-state index contributed by atoms with van der Waals surface area (Å²) in [6.07, 6.45) is 0. The van der Waals surface area contributed by atoms with E-state index in [1.807, 2.05) is 45.2 Å². The lowest BCUT2D eigenvalue weighted by Crippen LogP contribution is -2.33. The summed E-state index contributed by atoms with van der Waals surface area (Å²) in [5.41, 5.74) is 0.653. The molecule has 0 fully saturated rings. The molecule has 0 aliphatic rings. The molecule has 0 spiro atoms. The van der Waals surface area contributed by atoms with Crippen LogP contribution < -0.4 is 5.32 Å². The maximum absolute atomic E-state index is 5.40. The number of nitrogens with zero attached hydrogens (tertiary/aromatic N) is 2. The molecular formula is C16H17N3O. The highest BCUT2D eigenvalue weighted by molar-refractivity contribution is 5.94.